The van der Waals surface area contributed by atoms with Gasteiger partial charge in [-0.25, -0.2) is 0 Å². The number of nitrogens with one attached hydrogen (secondary N) is 1. The van der Waals surface area contributed by atoms with Gasteiger partial charge in [-0.2, -0.15) is 0 Å². The molecular weight excluding hydrogens is 318 g/mol. The van der Waals surface area contributed by atoms with Crippen molar-refractivity contribution in [1.82, 2.24) is 0 Å². The monoisotopic (exact) mass is 349 g/mol. The SMILES string of the molecule is [Cl-].c1ccc(C(OCC[NH+]2CCCCC2)=C2CCCCCC2)cc1. The Morgan fingerprint density at radius 1 is 0.833 bits per heavy atom. The molecule has 2 fully saturated rings. The van der Waals surface area contributed by atoms with Crippen molar-refractivity contribution in [2.75, 3.05) is 26.2 Å². The van der Waals surface area contributed by atoms with Crippen molar-refractivity contribution in [1.29, 1.82) is 0 Å². The zero-order chi connectivity index (χ0) is 15.7. The normalized spacial score (nSPS) is 19.2. The number of hydrogen-bond donors (Lipinski definition) is 1. The molecule has 1 N–H and O–H groups in total. The molecule has 1 aliphatic heterocycles. The maximum absolute atomic E-state index is 6.38. The van der Waals surface area contributed by atoms with Crippen LogP contribution in [-0.2, 0) is 4.74 Å². The second-order valence-corrected chi connectivity index (χ2v) is 7.12. The van der Waals surface area contributed by atoms with E-state index in [4.69, 9.17) is 4.74 Å². The van der Waals surface area contributed by atoms with Crippen LogP contribution in [0.15, 0.2) is 35.9 Å². The van der Waals surface area contributed by atoms with Crippen molar-refractivity contribution in [3.05, 3.63) is 41.5 Å². The lowest BCUT2D eigenvalue weighted by atomic mass is 10.0. The Morgan fingerprint density at radius 3 is 2.12 bits per heavy atom. The number of likely N-dealkylation sites (tertiary alicyclic amines) is 1. The average Bonchev–Trinajstić information content (AvgIpc) is 2.90. The maximum atomic E-state index is 6.38. The van der Waals surface area contributed by atoms with Crippen molar-refractivity contribution in [3.63, 3.8) is 0 Å². The molecule has 1 aliphatic carbocycles. The van der Waals surface area contributed by atoms with Crippen molar-refractivity contribution in [2.45, 2.75) is 57.8 Å². The Morgan fingerprint density at radius 2 is 1.46 bits per heavy atom. The van der Waals surface area contributed by atoms with Crippen molar-refractivity contribution >= 4 is 5.76 Å². The van der Waals surface area contributed by atoms with Gasteiger partial charge in [-0.1, -0.05) is 43.2 Å². The minimum absolute atomic E-state index is 0. The molecule has 0 spiro atoms. The number of piperidine rings is 1. The first kappa shape index (κ1) is 19.3. The van der Waals surface area contributed by atoms with E-state index >= 15 is 0 Å². The molecule has 0 radical (unpaired) electrons. The molecule has 0 bridgehead atoms. The molecule has 0 aromatic heterocycles. The molecule has 0 atom stereocenters. The molecular formula is C21H32ClNO. The van der Waals surface area contributed by atoms with Gasteiger partial charge in [-0.05, 0) is 50.5 Å². The van der Waals surface area contributed by atoms with Crippen molar-refractivity contribution < 1.29 is 22.0 Å². The topological polar surface area (TPSA) is 13.7 Å². The largest absolute Gasteiger partial charge is 1.00 e. The standard InChI is InChI=1S/C21H31NO.ClH/c1-2-6-12-19(11-5-1)21(20-13-7-3-8-14-20)23-18-17-22-15-9-4-10-16-22;/h3,7-8,13-14H,1-2,4-6,9-12,15-18H2;1H. The fraction of sp³-hybridized carbons (Fsp3) is 0.619. The summed E-state index contributed by atoms with van der Waals surface area (Å²) >= 11 is 0. The van der Waals surface area contributed by atoms with E-state index < -0.39 is 0 Å². The number of hydrogen-bond acceptors (Lipinski definition) is 1. The third-order valence-corrected chi connectivity index (χ3v) is 5.33. The highest BCUT2D eigenvalue weighted by Crippen LogP contribution is 2.30. The van der Waals surface area contributed by atoms with Gasteiger partial charge in [0, 0.05) is 5.56 Å². The first-order valence-electron chi connectivity index (χ1n) is 9.67. The van der Waals surface area contributed by atoms with E-state index in [1.807, 2.05) is 0 Å². The lowest BCUT2D eigenvalue weighted by molar-refractivity contribution is -0.905. The molecule has 134 valence electrons. The van der Waals surface area contributed by atoms with Crippen LogP contribution in [0.3, 0.4) is 0 Å². The number of allylic oxidation sites excluding steroid dienone is 1. The number of quaternary nitrogens is 1. The van der Waals surface area contributed by atoms with Crippen LogP contribution in [0, 0.1) is 0 Å². The van der Waals surface area contributed by atoms with Gasteiger partial charge in [0.25, 0.3) is 0 Å². The number of rotatable bonds is 5. The summed E-state index contributed by atoms with van der Waals surface area (Å²) in [5, 5.41) is 0. The lowest BCUT2D eigenvalue weighted by Crippen LogP contribution is -3.13. The minimum atomic E-state index is 0. The van der Waals surface area contributed by atoms with Gasteiger partial charge >= 0.3 is 0 Å². The summed E-state index contributed by atoms with van der Waals surface area (Å²) in [5.41, 5.74) is 2.83. The van der Waals surface area contributed by atoms with E-state index in [1.54, 1.807) is 10.5 Å². The van der Waals surface area contributed by atoms with Crippen LogP contribution in [0.4, 0.5) is 0 Å². The molecule has 3 rings (SSSR count). The summed E-state index contributed by atoms with van der Waals surface area (Å²) in [6.45, 7) is 4.69. The molecule has 3 heteroatoms. The van der Waals surface area contributed by atoms with Crippen molar-refractivity contribution in [2.24, 2.45) is 0 Å². The quantitative estimate of drug-likeness (QED) is 0.614. The summed E-state index contributed by atoms with van der Waals surface area (Å²) in [5.74, 6) is 1.20. The zero-order valence-electron chi connectivity index (χ0n) is 14.9. The third-order valence-electron chi connectivity index (χ3n) is 5.33. The van der Waals surface area contributed by atoms with E-state index in [0.717, 1.165) is 13.2 Å². The molecule has 1 saturated heterocycles. The van der Waals surface area contributed by atoms with E-state index in [9.17, 15) is 0 Å². The first-order chi connectivity index (χ1) is 11.4. The fourth-order valence-electron chi connectivity index (χ4n) is 3.96. The predicted octanol–water partition coefficient (Wildman–Crippen LogP) is 0.841. The minimum Gasteiger partial charge on any atom is -1.00 e. The van der Waals surface area contributed by atoms with Gasteiger partial charge in [0.1, 0.15) is 18.9 Å². The van der Waals surface area contributed by atoms with Gasteiger partial charge in [-0.3, -0.25) is 0 Å². The van der Waals surface area contributed by atoms with E-state index in [2.05, 4.69) is 30.3 Å². The zero-order valence-corrected chi connectivity index (χ0v) is 15.6. The second-order valence-electron chi connectivity index (χ2n) is 7.12. The summed E-state index contributed by atoms with van der Waals surface area (Å²) in [4.78, 5) is 1.73. The third kappa shape index (κ3) is 5.82. The average molecular weight is 350 g/mol. The molecule has 1 heterocycles. The highest BCUT2D eigenvalue weighted by Gasteiger charge is 2.16. The molecule has 2 nitrogen and oxygen atoms in total. The van der Waals surface area contributed by atoms with Crippen LogP contribution in [0.25, 0.3) is 5.76 Å². The Kier molecular flexibility index (Phi) is 8.69. The Bertz CT molecular complexity index is 484. The van der Waals surface area contributed by atoms with Gasteiger partial charge < -0.3 is 22.0 Å². The second kappa shape index (κ2) is 10.8. The molecule has 1 aromatic rings. The van der Waals surface area contributed by atoms with Gasteiger partial charge in [0.05, 0.1) is 13.1 Å². The van der Waals surface area contributed by atoms with Gasteiger partial charge in [0.15, 0.2) is 0 Å². The van der Waals surface area contributed by atoms with Crippen LogP contribution < -0.4 is 17.3 Å². The smallest absolute Gasteiger partial charge is 0.137 e. The molecule has 1 saturated carbocycles. The van der Waals surface area contributed by atoms with Crippen LogP contribution in [0.5, 0.6) is 0 Å². The molecule has 2 aliphatic rings. The van der Waals surface area contributed by atoms with Gasteiger partial charge in [0.2, 0.25) is 0 Å². The number of ether oxygens (including phenoxy) is 1. The van der Waals surface area contributed by atoms with Gasteiger partial charge in [-0.15, -0.1) is 0 Å². The summed E-state index contributed by atoms with van der Waals surface area (Å²) < 4.78 is 6.38. The predicted molar refractivity (Wildman–Crippen MR) is 96.4 cm³/mol. The Labute approximate surface area is 153 Å². The van der Waals surface area contributed by atoms with Crippen molar-refractivity contribution in [3.8, 4) is 0 Å². The number of halogens is 1. The highest BCUT2D eigenvalue weighted by molar-refractivity contribution is 5.63. The van der Waals surface area contributed by atoms with Crippen LogP contribution in [0.2, 0.25) is 0 Å². The first-order valence-corrected chi connectivity index (χ1v) is 9.67. The lowest BCUT2D eigenvalue weighted by Gasteiger charge is -2.24. The highest BCUT2D eigenvalue weighted by atomic mass is 35.5. The van der Waals surface area contributed by atoms with E-state index in [1.165, 1.54) is 82.2 Å². The van der Waals surface area contributed by atoms with Crippen LogP contribution in [-0.4, -0.2) is 26.2 Å². The van der Waals surface area contributed by atoms with E-state index in [0.29, 0.717) is 0 Å². The molecule has 0 amide bonds. The summed E-state index contributed by atoms with van der Waals surface area (Å²) in [7, 11) is 0. The van der Waals surface area contributed by atoms with E-state index in [-0.39, 0.29) is 12.4 Å². The van der Waals surface area contributed by atoms with Crippen LogP contribution >= 0.6 is 0 Å². The Hall–Kier alpha value is -0.990. The molecule has 24 heavy (non-hydrogen) atoms. The molecule has 0 unspecified atom stereocenters. The van der Waals surface area contributed by atoms with Crippen LogP contribution in [0.1, 0.15) is 63.4 Å². The summed E-state index contributed by atoms with van der Waals surface area (Å²) in [6, 6.07) is 10.8. The summed E-state index contributed by atoms with van der Waals surface area (Å²) in [6.07, 6.45) is 12.1. The number of benzene rings is 1. The fourth-order valence-corrected chi connectivity index (χ4v) is 3.96. The maximum Gasteiger partial charge on any atom is 0.137 e. The Balaban J connectivity index is 0.00000208. The molecule has 1 aromatic carbocycles.